The summed E-state index contributed by atoms with van der Waals surface area (Å²) in [6, 6.07) is 5.15. The van der Waals surface area contributed by atoms with Crippen molar-refractivity contribution in [2.75, 3.05) is 0 Å². The molecule has 5 heteroatoms. The lowest BCUT2D eigenvalue weighted by atomic mass is 10.2. The van der Waals surface area contributed by atoms with Gasteiger partial charge in [0, 0.05) is 6.20 Å². The lowest BCUT2D eigenvalue weighted by Gasteiger charge is -2.18. The zero-order valence-corrected chi connectivity index (χ0v) is 7.69. The van der Waals surface area contributed by atoms with Gasteiger partial charge in [-0.3, -0.25) is 15.2 Å². The van der Waals surface area contributed by atoms with Crippen molar-refractivity contribution in [3.63, 3.8) is 0 Å². The summed E-state index contributed by atoms with van der Waals surface area (Å²) in [6.45, 7) is 1.74. The van der Waals surface area contributed by atoms with Crippen molar-refractivity contribution in [3.8, 4) is 0 Å². The molecule has 1 atom stereocenters. The molecule has 72 valence electrons. The number of amides is 1. The number of hydrogen-bond acceptors (Lipinski definition) is 4. The largest absolute Gasteiger partial charge is 0.306 e. The molecule has 1 aliphatic heterocycles. The van der Waals surface area contributed by atoms with Gasteiger partial charge in [-0.1, -0.05) is 6.07 Å². The highest BCUT2D eigenvalue weighted by Gasteiger charge is 2.20. The molecule has 0 saturated heterocycles. The molecule has 2 N–H and O–H groups in total. The third-order valence-corrected chi connectivity index (χ3v) is 1.91. The van der Waals surface area contributed by atoms with Gasteiger partial charge in [-0.15, -0.1) is 0 Å². The second kappa shape index (κ2) is 3.45. The minimum Gasteiger partial charge on any atom is -0.306 e. The highest BCUT2D eigenvalue weighted by Crippen LogP contribution is 1.98. The topological polar surface area (TPSA) is 66.4 Å². The Kier molecular flexibility index (Phi) is 2.14. The van der Waals surface area contributed by atoms with Crippen LogP contribution in [0.25, 0.3) is 0 Å². The Morgan fingerprint density at radius 2 is 2.29 bits per heavy atom. The SMILES string of the molecule is CC1NN=C(c2ccccn2)NC1=O. The number of nitrogens with zero attached hydrogens (tertiary/aromatic N) is 2. The first kappa shape index (κ1) is 8.68. The number of hydrazone groups is 1. The molecule has 0 bridgehead atoms. The molecule has 1 aromatic rings. The van der Waals surface area contributed by atoms with Crippen LogP contribution in [0.3, 0.4) is 0 Å². The molecule has 0 aromatic carbocycles. The van der Waals surface area contributed by atoms with Gasteiger partial charge in [0.1, 0.15) is 11.7 Å². The average Bonchev–Trinajstić information content (AvgIpc) is 2.23. The van der Waals surface area contributed by atoms with Gasteiger partial charge in [-0.25, -0.2) is 0 Å². The maximum Gasteiger partial charge on any atom is 0.249 e. The van der Waals surface area contributed by atoms with Crippen LogP contribution < -0.4 is 10.7 Å². The first-order valence-corrected chi connectivity index (χ1v) is 4.33. The molecule has 5 nitrogen and oxygen atoms in total. The minimum absolute atomic E-state index is 0.0966. The fraction of sp³-hybridized carbons (Fsp3) is 0.222. The van der Waals surface area contributed by atoms with E-state index in [1.165, 1.54) is 0 Å². The summed E-state index contributed by atoms with van der Waals surface area (Å²) < 4.78 is 0. The quantitative estimate of drug-likeness (QED) is 0.647. The number of carbonyl (C=O) groups excluding carboxylic acids is 1. The Bertz CT molecular complexity index is 374. The van der Waals surface area contributed by atoms with Gasteiger partial charge in [-0.05, 0) is 19.1 Å². The number of amidine groups is 1. The van der Waals surface area contributed by atoms with Crippen molar-refractivity contribution in [1.82, 2.24) is 15.7 Å². The lowest BCUT2D eigenvalue weighted by molar-refractivity contribution is -0.121. The third kappa shape index (κ3) is 1.56. The fourth-order valence-corrected chi connectivity index (χ4v) is 1.10. The van der Waals surface area contributed by atoms with Crippen LogP contribution >= 0.6 is 0 Å². The monoisotopic (exact) mass is 190 g/mol. The van der Waals surface area contributed by atoms with E-state index in [4.69, 9.17) is 0 Å². The van der Waals surface area contributed by atoms with E-state index in [-0.39, 0.29) is 11.9 Å². The predicted octanol–water partition coefficient (Wildman–Crippen LogP) is -0.149. The molecule has 2 heterocycles. The van der Waals surface area contributed by atoms with E-state index in [0.717, 1.165) is 0 Å². The molecule has 2 rings (SSSR count). The van der Waals surface area contributed by atoms with Crippen LogP contribution in [0, 0.1) is 0 Å². The molecule has 1 aliphatic rings. The second-order valence-electron chi connectivity index (χ2n) is 3.02. The number of nitrogens with one attached hydrogen (secondary N) is 2. The van der Waals surface area contributed by atoms with Gasteiger partial charge in [0.2, 0.25) is 5.91 Å². The molecule has 14 heavy (non-hydrogen) atoms. The fourth-order valence-electron chi connectivity index (χ4n) is 1.10. The summed E-state index contributed by atoms with van der Waals surface area (Å²) >= 11 is 0. The van der Waals surface area contributed by atoms with Crippen LogP contribution in [-0.2, 0) is 4.79 Å². The highest BCUT2D eigenvalue weighted by molar-refractivity contribution is 6.09. The molecule has 0 aliphatic carbocycles. The van der Waals surface area contributed by atoms with Gasteiger partial charge in [0.15, 0.2) is 5.84 Å². The number of aromatic nitrogens is 1. The molecule has 1 aromatic heterocycles. The van der Waals surface area contributed by atoms with Gasteiger partial charge in [-0.2, -0.15) is 5.10 Å². The second-order valence-corrected chi connectivity index (χ2v) is 3.02. The maximum absolute atomic E-state index is 11.3. The van der Waals surface area contributed by atoms with Crippen molar-refractivity contribution < 1.29 is 4.79 Å². The molecule has 1 unspecified atom stereocenters. The average molecular weight is 190 g/mol. The van der Waals surface area contributed by atoms with Crippen molar-refractivity contribution in [2.45, 2.75) is 13.0 Å². The van der Waals surface area contributed by atoms with Crippen LogP contribution in [0.1, 0.15) is 12.6 Å². The van der Waals surface area contributed by atoms with E-state index >= 15 is 0 Å². The molecule has 0 radical (unpaired) electrons. The van der Waals surface area contributed by atoms with E-state index in [1.54, 1.807) is 19.2 Å². The normalized spacial score (nSPS) is 20.8. The number of hydrogen-bond donors (Lipinski definition) is 2. The molecule has 0 saturated carbocycles. The summed E-state index contributed by atoms with van der Waals surface area (Å²) in [5, 5.41) is 6.67. The van der Waals surface area contributed by atoms with Gasteiger partial charge < -0.3 is 5.32 Å². The summed E-state index contributed by atoms with van der Waals surface area (Å²) in [6.07, 6.45) is 1.65. The zero-order chi connectivity index (χ0) is 9.97. The summed E-state index contributed by atoms with van der Waals surface area (Å²) in [4.78, 5) is 15.4. The van der Waals surface area contributed by atoms with E-state index in [2.05, 4.69) is 20.8 Å². The van der Waals surface area contributed by atoms with E-state index < -0.39 is 0 Å². The summed E-state index contributed by atoms with van der Waals surface area (Å²) in [7, 11) is 0. The van der Waals surface area contributed by atoms with E-state index in [0.29, 0.717) is 11.5 Å². The summed E-state index contributed by atoms with van der Waals surface area (Å²) in [5.41, 5.74) is 3.37. The van der Waals surface area contributed by atoms with Crippen LogP contribution in [0.4, 0.5) is 0 Å². The van der Waals surface area contributed by atoms with Gasteiger partial charge in [0.25, 0.3) is 0 Å². The van der Waals surface area contributed by atoms with E-state index in [9.17, 15) is 4.79 Å². The first-order chi connectivity index (χ1) is 6.77. The molecular weight excluding hydrogens is 180 g/mol. The predicted molar refractivity (Wildman–Crippen MR) is 51.5 cm³/mol. The Labute approximate surface area is 81.2 Å². The van der Waals surface area contributed by atoms with Crippen LogP contribution in [-0.4, -0.2) is 22.8 Å². The molecule has 0 spiro atoms. The Balaban J connectivity index is 2.25. The first-order valence-electron chi connectivity index (χ1n) is 4.33. The number of rotatable bonds is 1. The molecule has 0 fully saturated rings. The van der Waals surface area contributed by atoms with Crippen LogP contribution in [0.2, 0.25) is 0 Å². The van der Waals surface area contributed by atoms with Crippen molar-refractivity contribution in [1.29, 1.82) is 0 Å². The van der Waals surface area contributed by atoms with Crippen molar-refractivity contribution in [3.05, 3.63) is 30.1 Å². The summed E-state index contributed by atoms with van der Waals surface area (Å²) in [5.74, 6) is 0.370. The highest BCUT2D eigenvalue weighted by atomic mass is 16.2. The van der Waals surface area contributed by atoms with Crippen LogP contribution in [0.5, 0.6) is 0 Å². The minimum atomic E-state index is -0.289. The Hall–Kier alpha value is -1.91. The van der Waals surface area contributed by atoms with Crippen molar-refractivity contribution in [2.24, 2.45) is 5.10 Å². The molecule has 1 amide bonds. The lowest BCUT2D eigenvalue weighted by Crippen LogP contribution is -2.49. The van der Waals surface area contributed by atoms with Gasteiger partial charge in [0.05, 0.1) is 0 Å². The Morgan fingerprint density at radius 1 is 1.43 bits per heavy atom. The number of pyridine rings is 1. The van der Waals surface area contributed by atoms with Gasteiger partial charge >= 0.3 is 0 Å². The standard InChI is InChI=1S/C9H10N4O/c1-6-9(14)11-8(13-12-6)7-4-2-3-5-10-7/h2-6,12H,1H3,(H,11,13,14). The third-order valence-electron chi connectivity index (χ3n) is 1.91. The zero-order valence-electron chi connectivity index (χ0n) is 7.69. The van der Waals surface area contributed by atoms with Crippen LogP contribution in [0.15, 0.2) is 29.5 Å². The maximum atomic E-state index is 11.3. The van der Waals surface area contributed by atoms with Crippen molar-refractivity contribution >= 4 is 11.7 Å². The smallest absolute Gasteiger partial charge is 0.249 e. The number of carbonyl (C=O) groups is 1. The van der Waals surface area contributed by atoms with E-state index in [1.807, 2.05) is 12.1 Å². The molecular formula is C9H10N4O. The Morgan fingerprint density at radius 3 is 2.93 bits per heavy atom.